The molecule has 1 aliphatic rings. The van der Waals surface area contributed by atoms with Crippen molar-refractivity contribution in [2.75, 3.05) is 10.6 Å². The van der Waals surface area contributed by atoms with Crippen molar-refractivity contribution in [1.29, 1.82) is 10.5 Å². The highest BCUT2D eigenvalue weighted by Crippen LogP contribution is 2.48. The predicted octanol–water partition coefficient (Wildman–Crippen LogP) is 11.1. The Labute approximate surface area is 292 Å². The molecule has 0 bridgehead atoms. The fraction of sp³-hybridized carbons (Fsp3) is 0.476. The van der Waals surface area contributed by atoms with Gasteiger partial charge in [-0.3, -0.25) is 9.59 Å². The van der Waals surface area contributed by atoms with Crippen LogP contribution >= 0.6 is 0 Å². The van der Waals surface area contributed by atoms with Crippen LogP contribution in [0.2, 0.25) is 0 Å². The van der Waals surface area contributed by atoms with Crippen LogP contribution in [0.15, 0.2) is 48.5 Å². The second-order valence-electron chi connectivity index (χ2n) is 13.8. The van der Waals surface area contributed by atoms with Gasteiger partial charge in [0.25, 0.3) is 11.8 Å². The Kier molecular flexibility index (Phi) is 13.5. The number of unbranched alkanes of at least 4 members (excludes halogenated alkanes) is 8. The average molecular weight is 663 g/mol. The zero-order valence-corrected chi connectivity index (χ0v) is 29.7. The van der Waals surface area contributed by atoms with Crippen LogP contribution in [-0.4, -0.2) is 11.8 Å². The second-order valence-corrected chi connectivity index (χ2v) is 13.8. The molecule has 49 heavy (non-hydrogen) atoms. The van der Waals surface area contributed by atoms with Gasteiger partial charge in [0.05, 0.1) is 22.9 Å². The summed E-state index contributed by atoms with van der Waals surface area (Å²) in [5, 5.41) is 24.6. The van der Waals surface area contributed by atoms with Crippen molar-refractivity contribution in [3.05, 3.63) is 93.0 Å². The van der Waals surface area contributed by atoms with E-state index in [4.69, 9.17) is 5.26 Å². The summed E-state index contributed by atoms with van der Waals surface area (Å²) in [6.45, 7) is 7.78. The lowest BCUT2D eigenvalue weighted by atomic mass is 9.70. The molecule has 2 unspecified atom stereocenters. The number of amides is 2. The van der Waals surface area contributed by atoms with Crippen LogP contribution in [0, 0.1) is 49.4 Å². The monoisotopic (exact) mass is 662 g/mol. The Hall–Kier alpha value is -4.49. The molecule has 4 rings (SSSR count). The third kappa shape index (κ3) is 9.57. The molecule has 1 saturated carbocycles. The van der Waals surface area contributed by atoms with Gasteiger partial charge in [-0.05, 0) is 111 Å². The van der Waals surface area contributed by atoms with E-state index in [9.17, 15) is 14.9 Å². The first-order chi connectivity index (χ1) is 23.6. The molecule has 0 heterocycles. The predicted molar refractivity (Wildman–Crippen MR) is 195 cm³/mol. The molecule has 2 N–H and O–H groups in total. The van der Waals surface area contributed by atoms with Gasteiger partial charge < -0.3 is 10.6 Å². The summed E-state index contributed by atoms with van der Waals surface area (Å²) in [6, 6.07) is 17.2. The maximum Gasteiger partial charge on any atom is 0.255 e. The Bertz CT molecular complexity index is 1700. The highest BCUT2D eigenvalue weighted by Gasteiger charge is 2.42. The molecule has 0 saturated heterocycles. The largest absolute Gasteiger partial charge is 0.322 e. The normalized spacial score (nSPS) is 17.2. The number of hydrogen-bond donors (Lipinski definition) is 2. The van der Waals surface area contributed by atoms with Gasteiger partial charge in [-0.15, -0.1) is 0 Å². The van der Waals surface area contributed by atoms with Gasteiger partial charge in [-0.25, -0.2) is 4.39 Å². The Balaban J connectivity index is 1.44. The van der Waals surface area contributed by atoms with Gasteiger partial charge in [0.15, 0.2) is 0 Å². The quantitative estimate of drug-likeness (QED) is 0.158. The van der Waals surface area contributed by atoms with Crippen molar-refractivity contribution < 1.29 is 14.0 Å². The molecule has 0 aliphatic heterocycles. The number of hydrogen-bond acceptors (Lipinski definition) is 4. The zero-order chi connectivity index (χ0) is 35.4. The first-order valence-electron chi connectivity index (χ1n) is 18.1. The van der Waals surface area contributed by atoms with Crippen LogP contribution in [0.4, 0.5) is 15.8 Å². The molecule has 1 fully saturated rings. The first kappa shape index (κ1) is 37.3. The Morgan fingerprint density at radius 1 is 0.796 bits per heavy atom. The lowest BCUT2D eigenvalue weighted by Crippen LogP contribution is -2.34. The number of benzene rings is 3. The fourth-order valence-electron chi connectivity index (χ4n) is 7.31. The van der Waals surface area contributed by atoms with Crippen LogP contribution in [0.1, 0.15) is 151 Å². The van der Waals surface area contributed by atoms with Crippen LogP contribution < -0.4 is 10.6 Å². The van der Waals surface area contributed by atoms with Gasteiger partial charge in [0, 0.05) is 16.8 Å². The Morgan fingerprint density at radius 3 is 2.10 bits per heavy atom. The third-order valence-corrected chi connectivity index (χ3v) is 10.1. The van der Waals surface area contributed by atoms with E-state index in [0.717, 1.165) is 43.2 Å². The molecule has 0 aromatic heterocycles. The molecule has 7 heteroatoms. The average Bonchev–Trinajstić information content (AvgIpc) is 3.09. The van der Waals surface area contributed by atoms with Crippen LogP contribution in [0.5, 0.6) is 0 Å². The molecule has 0 spiro atoms. The van der Waals surface area contributed by atoms with Crippen LogP contribution in [0.3, 0.4) is 0 Å². The number of rotatable bonds is 15. The molecule has 0 radical (unpaired) electrons. The molecular weight excluding hydrogens is 611 g/mol. The van der Waals surface area contributed by atoms with Gasteiger partial charge >= 0.3 is 0 Å². The Morgan fingerprint density at radius 2 is 1.47 bits per heavy atom. The number of carbonyl (C=O) groups excluding carboxylic acids is 2. The number of nitriles is 2. The minimum atomic E-state index is -1.37. The summed E-state index contributed by atoms with van der Waals surface area (Å²) < 4.78 is 17.0. The highest BCUT2D eigenvalue weighted by atomic mass is 19.1. The maximum atomic E-state index is 17.0. The summed E-state index contributed by atoms with van der Waals surface area (Å²) >= 11 is 0. The molecule has 6 nitrogen and oxygen atoms in total. The minimum absolute atomic E-state index is 0.00500. The number of anilines is 2. The van der Waals surface area contributed by atoms with Gasteiger partial charge in [-0.2, -0.15) is 10.5 Å². The van der Waals surface area contributed by atoms with Crippen LogP contribution in [0.25, 0.3) is 0 Å². The second kappa shape index (κ2) is 17.8. The standard InChI is InChI=1S/C42H51FN4O2/c1-5-6-7-8-9-10-11-12-13-16-35-17-14-15-22-42(35,43)36-24-30(3)39(31(4)25-36)47-40(48)33-19-20-34(28-45)38(26-33)46-41(49)37-21-18-32(27-44)23-29(37)2/h18-21,23-26,35H,5-17,22H2,1-4H3,(H,46,49)(H,47,48). The van der Waals surface area contributed by atoms with Gasteiger partial charge in [0.1, 0.15) is 11.7 Å². The molecule has 1 aliphatic carbocycles. The summed E-state index contributed by atoms with van der Waals surface area (Å²) in [4.78, 5) is 26.6. The van der Waals surface area contributed by atoms with Crippen molar-refractivity contribution in [3.8, 4) is 12.1 Å². The van der Waals surface area contributed by atoms with Crippen LogP contribution in [-0.2, 0) is 5.67 Å². The number of nitrogens with one attached hydrogen (secondary N) is 2. The number of aryl methyl sites for hydroxylation is 3. The lowest BCUT2D eigenvalue weighted by Gasteiger charge is -2.39. The fourth-order valence-corrected chi connectivity index (χ4v) is 7.31. The van der Waals surface area contributed by atoms with E-state index in [1.54, 1.807) is 31.2 Å². The van der Waals surface area contributed by atoms with E-state index in [1.807, 2.05) is 26.0 Å². The van der Waals surface area contributed by atoms with Gasteiger partial charge in [0.2, 0.25) is 0 Å². The van der Waals surface area contributed by atoms with E-state index >= 15 is 4.39 Å². The number of nitrogens with zero attached hydrogens (tertiary/aromatic N) is 2. The smallest absolute Gasteiger partial charge is 0.255 e. The van der Waals surface area contributed by atoms with Crippen molar-refractivity contribution >= 4 is 23.2 Å². The summed E-state index contributed by atoms with van der Waals surface area (Å²) in [6.07, 6.45) is 15.6. The zero-order valence-electron chi connectivity index (χ0n) is 29.7. The molecule has 3 aromatic carbocycles. The van der Waals surface area contributed by atoms with E-state index < -0.39 is 17.5 Å². The highest BCUT2D eigenvalue weighted by molar-refractivity contribution is 6.09. The molecule has 2 amide bonds. The first-order valence-corrected chi connectivity index (χ1v) is 18.1. The van der Waals surface area contributed by atoms with E-state index in [2.05, 4.69) is 29.7 Å². The SMILES string of the molecule is CCCCCCCCCCCC1CCCCC1(F)c1cc(C)c(NC(=O)c2ccc(C#N)c(NC(=O)c3ccc(C#N)cc3C)c2)c(C)c1. The van der Waals surface area contributed by atoms with Crippen molar-refractivity contribution in [3.63, 3.8) is 0 Å². The lowest BCUT2D eigenvalue weighted by molar-refractivity contribution is 0.0277. The summed E-state index contributed by atoms with van der Waals surface area (Å²) in [7, 11) is 0. The van der Waals surface area contributed by atoms with Crippen molar-refractivity contribution in [1.82, 2.24) is 0 Å². The van der Waals surface area contributed by atoms with E-state index in [1.165, 1.54) is 63.5 Å². The van der Waals surface area contributed by atoms with Crippen molar-refractivity contribution in [2.24, 2.45) is 5.92 Å². The maximum absolute atomic E-state index is 17.0. The van der Waals surface area contributed by atoms with E-state index in [-0.39, 0.29) is 22.7 Å². The topological polar surface area (TPSA) is 106 Å². The number of carbonyl (C=O) groups is 2. The van der Waals surface area contributed by atoms with Gasteiger partial charge in [-0.1, -0.05) is 83.3 Å². The molecular formula is C42H51FN4O2. The number of alkyl halides is 1. The third-order valence-electron chi connectivity index (χ3n) is 10.1. The van der Waals surface area contributed by atoms with E-state index in [0.29, 0.717) is 34.4 Å². The molecule has 3 aromatic rings. The minimum Gasteiger partial charge on any atom is -0.322 e. The summed E-state index contributed by atoms with van der Waals surface area (Å²) in [5.74, 6) is -0.841. The molecule has 2 atom stereocenters. The van der Waals surface area contributed by atoms with Crippen molar-refractivity contribution in [2.45, 2.75) is 123 Å². The summed E-state index contributed by atoms with van der Waals surface area (Å²) in [5.41, 5.74) is 3.69. The number of halogens is 1. The molecule has 258 valence electrons.